The lowest BCUT2D eigenvalue weighted by molar-refractivity contribution is -0.143. The third-order valence-electron chi connectivity index (χ3n) is 3.98. The Balaban J connectivity index is 2.16. The van der Waals surface area contributed by atoms with Gasteiger partial charge in [-0.2, -0.15) is 0 Å². The Kier molecular flexibility index (Phi) is 3.74. The number of nitrogens with one attached hydrogen (secondary N) is 2. The number of urea groups is 1. The molecule has 2 heterocycles. The number of aromatic amines is 2. The van der Waals surface area contributed by atoms with Gasteiger partial charge in [-0.05, 0) is 18.2 Å². The number of rotatable bonds is 2. The van der Waals surface area contributed by atoms with Gasteiger partial charge < -0.3 is 9.97 Å². The number of amides is 4. The minimum atomic E-state index is -1.49. The van der Waals surface area contributed by atoms with E-state index in [1.807, 2.05) is 0 Å². The zero-order valence-corrected chi connectivity index (χ0v) is 13.1. The first kappa shape index (κ1) is 16.6. The molecule has 1 aliphatic heterocycles. The Bertz CT molecular complexity index is 941. The number of benzene rings is 1. The number of hydrogen-bond acceptors (Lipinski definition) is 4. The van der Waals surface area contributed by atoms with Crippen LogP contribution in [0.2, 0.25) is 0 Å². The van der Waals surface area contributed by atoms with Crippen molar-refractivity contribution in [2.24, 2.45) is 0 Å². The summed E-state index contributed by atoms with van der Waals surface area (Å²) in [7, 11) is 2.39. The predicted octanol–water partition coefficient (Wildman–Crippen LogP) is 0.782. The third kappa shape index (κ3) is 2.51. The summed E-state index contributed by atoms with van der Waals surface area (Å²) >= 11 is 0. The molecular weight excluding hydrogens is 338 g/mol. The van der Waals surface area contributed by atoms with Crippen molar-refractivity contribution in [3.8, 4) is 11.3 Å². The minimum absolute atomic E-state index is 0.0354. The number of halogens is 2. The molecule has 0 atom stereocenters. The first-order chi connectivity index (χ1) is 11.7. The van der Waals surface area contributed by atoms with E-state index in [2.05, 4.69) is 9.97 Å². The molecule has 1 fully saturated rings. The van der Waals surface area contributed by atoms with Crippen LogP contribution < -0.4 is 5.69 Å². The molecule has 130 valence electrons. The van der Waals surface area contributed by atoms with Gasteiger partial charge in [0.15, 0.2) is 17.6 Å². The molecule has 1 aliphatic rings. The molecule has 0 saturated carbocycles. The van der Waals surface area contributed by atoms with Crippen LogP contribution in [0.1, 0.15) is 11.6 Å². The van der Waals surface area contributed by atoms with Crippen LogP contribution in [0.15, 0.2) is 23.0 Å². The summed E-state index contributed by atoms with van der Waals surface area (Å²) in [6.45, 7) is 0. The maximum absolute atomic E-state index is 13.5. The average molecular weight is 350 g/mol. The van der Waals surface area contributed by atoms with E-state index in [0.29, 0.717) is 0 Å². The highest BCUT2D eigenvalue weighted by Gasteiger charge is 2.45. The SMILES string of the molecule is CN1C(=O)C(c2[nH]c(=O)[nH]c2-c2ccc(F)c(F)c2)C(=O)N(C)C1=O. The van der Waals surface area contributed by atoms with E-state index in [-0.39, 0.29) is 17.0 Å². The smallest absolute Gasteiger partial charge is 0.308 e. The van der Waals surface area contributed by atoms with Gasteiger partial charge in [0.25, 0.3) is 0 Å². The van der Waals surface area contributed by atoms with Crippen molar-refractivity contribution in [1.82, 2.24) is 19.8 Å². The standard InChI is InChI=1S/C15H12F2N4O4/c1-20-12(22)9(13(23)21(2)15(20)25)11-10(18-14(24)19-11)6-3-4-7(16)8(17)5-6/h3-5,9H,1-2H3,(H2,18,19,24). The normalized spacial score (nSPS) is 16.1. The van der Waals surface area contributed by atoms with Crippen molar-refractivity contribution in [2.45, 2.75) is 5.92 Å². The molecule has 2 N–H and O–H groups in total. The fourth-order valence-electron chi connectivity index (χ4n) is 2.65. The number of barbiturate groups is 1. The Labute approximate surface area is 139 Å². The molecule has 8 nitrogen and oxygen atoms in total. The first-order valence-electron chi connectivity index (χ1n) is 7.09. The second-order valence-electron chi connectivity index (χ2n) is 5.51. The van der Waals surface area contributed by atoms with Crippen molar-refractivity contribution >= 4 is 17.8 Å². The number of carbonyl (C=O) groups excluding carboxylic acids is 3. The van der Waals surface area contributed by atoms with Crippen LogP contribution in [0, 0.1) is 11.6 Å². The van der Waals surface area contributed by atoms with E-state index in [0.717, 1.165) is 21.9 Å². The molecular formula is C15H12F2N4O4. The highest BCUT2D eigenvalue weighted by atomic mass is 19.2. The molecule has 0 radical (unpaired) electrons. The number of imidazole rings is 1. The summed E-state index contributed by atoms with van der Waals surface area (Å²) in [5.74, 6) is -5.41. The highest BCUT2D eigenvalue weighted by molar-refractivity contribution is 6.19. The molecule has 0 bridgehead atoms. The van der Waals surface area contributed by atoms with Crippen molar-refractivity contribution in [2.75, 3.05) is 14.1 Å². The van der Waals surface area contributed by atoms with Gasteiger partial charge in [0.2, 0.25) is 11.8 Å². The number of carbonyl (C=O) groups is 3. The van der Waals surface area contributed by atoms with E-state index in [1.54, 1.807) is 0 Å². The van der Waals surface area contributed by atoms with Crippen LogP contribution in [0.3, 0.4) is 0 Å². The fourth-order valence-corrected chi connectivity index (χ4v) is 2.65. The van der Waals surface area contributed by atoms with E-state index in [9.17, 15) is 28.0 Å². The van der Waals surface area contributed by atoms with E-state index >= 15 is 0 Å². The lowest BCUT2D eigenvalue weighted by atomic mass is 9.96. The maximum Gasteiger partial charge on any atom is 0.332 e. The zero-order chi connectivity index (χ0) is 18.5. The first-order valence-corrected chi connectivity index (χ1v) is 7.09. The van der Waals surface area contributed by atoms with Gasteiger partial charge in [0.05, 0.1) is 11.4 Å². The fraction of sp³-hybridized carbons (Fsp3) is 0.200. The Morgan fingerprint density at radius 1 is 0.920 bits per heavy atom. The molecule has 25 heavy (non-hydrogen) atoms. The topological polar surface area (TPSA) is 106 Å². The molecule has 3 rings (SSSR count). The van der Waals surface area contributed by atoms with Gasteiger partial charge in [-0.1, -0.05) is 0 Å². The number of H-pyrrole nitrogens is 2. The van der Waals surface area contributed by atoms with E-state index < -0.39 is 41.1 Å². The molecule has 1 aromatic carbocycles. The summed E-state index contributed by atoms with van der Waals surface area (Å²) in [5.41, 5.74) is -0.837. The van der Waals surface area contributed by atoms with Crippen molar-refractivity contribution < 1.29 is 23.2 Å². The summed E-state index contributed by atoms with van der Waals surface area (Å²) < 4.78 is 26.6. The van der Waals surface area contributed by atoms with Gasteiger partial charge in [-0.15, -0.1) is 0 Å². The van der Waals surface area contributed by atoms with Crippen LogP contribution in [-0.4, -0.2) is 51.7 Å². The second kappa shape index (κ2) is 5.65. The van der Waals surface area contributed by atoms with Gasteiger partial charge >= 0.3 is 11.7 Å². The van der Waals surface area contributed by atoms with Crippen LogP contribution >= 0.6 is 0 Å². The second-order valence-corrected chi connectivity index (χ2v) is 5.51. The summed E-state index contributed by atoms with van der Waals surface area (Å²) in [5, 5.41) is 0. The largest absolute Gasteiger partial charge is 0.332 e. The summed E-state index contributed by atoms with van der Waals surface area (Å²) in [4.78, 5) is 54.5. The molecule has 1 aromatic heterocycles. The monoisotopic (exact) mass is 350 g/mol. The number of imide groups is 2. The molecule has 0 aliphatic carbocycles. The molecule has 0 unspecified atom stereocenters. The Hall–Kier alpha value is -3.30. The average Bonchev–Trinajstić information content (AvgIpc) is 2.95. The number of hydrogen-bond donors (Lipinski definition) is 2. The zero-order valence-electron chi connectivity index (χ0n) is 13.1. The minimum Gasteiger partial charge on any atom is -0.308 e. The summed E-state index contributed by atoms with van der Waals surface area (Å²) in [6, 6.07) is 2.07. The van der Waals surface area contributed by atoms with Crippen LogP contribution in [-0.2, 0) is 9.59 Å². The van der Waals surface area contributed by atoms with Crippen molar-refractivity contribution in [1.29, 1.82) is 0 Å². The molecule has 1 saturated heterocycles. The lowest BCUT2D eigenvalue weighted by Gasteiger charge is -2.32. The number of nitrogens with zero attached hydrogens (tertiary/aromatic N) is 2. The molecule has 2 aromatic rings. The van der Waals surface area contributed by atoms with Gasteiger partial charge in [-0.3, -0.25) is 19.4 Å². The maximum atomic E-state index is 13.5. The quantitative estimate of drug-likeness (QED) is 0.781. The number of aromatic nitrogens is 2. The molecule has 4 amide bonds. The Morgan fingerprint density at radius 2 is 1.52 bits per heavy atom. The van der Waals surface area contributed by atoms with Crippen LogP contribution in [0.5, 0.6) is 0 Å². The predicted molar refractivity (Wildman–Crippen MR) is 80.4 cm³/mol. The molecule has 10 heteroatoms. The van der Waals surface area contributed by atoms with E-state index in [4.69, 9.17) is 0 Å². The van der Waals surface area contributed by atoms with Gasteiger partial charge in [0, 0.05) is 19.7 Å². The van der Waals surface area contributed by atoms with Gasteiger partial charge in [0.1, 0.15) is 0 Å². The third-order valence-corrected chi connectivity index (χ3v) is 3.98. The Morgan fingerprint density at radius 3 is 2.08 bits per heavy atom. The molecule has 0 spiro atoms. The van der Waals surface area contributed by atoms with Gasteiger partial charge in [-0.25, -0.2) is 18.4 Å². The summed E-state index contributed by atoms with van der Waals surface area (Å²) in [6.07, 6.45) is 0. The lowest BCUT2D eigenvalue weighted by Crippen LogP contribution is -2.55. The van der Waals surface area contributed by atoms with E-state index in [1.165, 1.54) is 20.2 Å². The highest BCUT2D eigenvalue weighted by Crippen LogP contribution is 2.31. The van der Waals surface area contributed by atoms with Crippen molar-refractivity contribution in [3.63, 3.8) is 0 Å². The van der Waals surface area contributed by atoms with Crippen LogP contribution in [0.4, 0.5) is 13.6 Å². The van der Waals surface area contributed by atoms with Crippen LogP contribution in [0.25, 0.3) is 11.3 Å². The number of likely N-dealkylation sites (N-methyl/N-ethyl adjacent to an activating group) is 2. The van der Waals surface area contributed by atoms with Crippen molar-refractivity contribution in [3.05, 3.63) is 46.0 Å².